The fraction of sp³-hybridized carbons (Fsp3) is 0.231. The van der Waals surface area contributed by atoms with Crippen LogP contribution in [-0.2, 0) is 6.42 Å². The lowest BCUT2D eigenvalue weighted by Crippen LogP contribution is -2.12. The molecular formula is C13H15NO. The molecule has 1 atom stereocenters. The van der Waals surface area contributed by atoms with Crippen LogP contribution >= 0.6 is 0 Å². The average molecular weight is 201 g/mol. The molecule has 1 unspecified atom stereocenters. The molecule has 0 spiro atoms. The van der Waals surface area contributed by atoms with Crippen molar-refractivity contribution >= 4 is 0 Å². The molecule has 0 radical (unpaired) electrons. The van der Waals surface area contributed by atoms with Crippen molar-refractivity contribution in [2.45, 2.75) is 19.4 Å². The second-order valence-electron chi connectivity index (χ2n) is 3.82. The number of benzene rings is 1. The first kappa shape index (κ1) is 9.99. The summed E-state index contributed by atoms with van der Waals surface area (Å²) >= 11 is 0. The summed E-state index contributed by atoms with van der Waals surface area (Å²) in [7, 11) is 0. The molecule has 0 fully saturated rings. The van der Waals surface area contributed by atoms with Crippen LogP contribution in [0.15, 0.2) is 47.1 Å². The Labute approximate surface area is 89.7 Å². The molecule has 2 rings (SSSR count). The number of rotatable bonds is 3. The fourth-order valence-electron chi connectivity index (χ4n) is 1.70. The van der Waals surface area contributed by atoms with Crippen molar-refractivity contribution in [3.8, 4) is 0 Å². The lowest BCUT2D eigenvalue weighted by atomic mass is 10.0. The van der Waals surface area contributed by atoms with Crippen LogP contribution in [0.1, 0.15) is 22.9 Å². The molecule has 2 aromatic rings. The van der Waals surface area contributed by atoms with Gasteiger partial charge in [-0.3, -0.25) is 0 Å². The van der Waals surface area contributed by atoms with Crippen molar-refractivity contribution in [3.05, 3.63) is 59.5 Å². The second kappa shape index (κ2) is 4.32. The Morgan fingerprint density at radius 3 is 2.80 bits per heavy atom. The largest absolute Gasteiger partial charge is 0.468 e. The lowest BCUT2D eigenvalue weighted by molar-refractivity contribution is 0.464. The van der Waals surface area contributed by atoms with Crippen LogP contribution in [0, 0.1) is 6.92 Å². The first-order valence-corrected chi connectivity index (χ1v) is 5.10. The molecule has 0 aliphatic rings. The molecule has 2 N–H and O–H groups in total. The molecule has 2 nitrogen and oxygen atoms in total. The Hall–Kier alpha value is -1.54. The summed E-state index contributed by atoms with van der Waals surface area (Å²) in [4.78, 5) is 0. The maximum absolute atomic E-state index is 6.03. The molecule has 15 heavy (non-hydrogen) atoms. The minimum absolute atomic E-state index is 0.0539. The van der Waals surface area contributed by atoms with E-state index in [1.54, 1.807) is 6.26 Å². The van der Waals surface area contributed by atoms with Gasteiger partial charge in [0.05, 0.1) is 12.3 Å². The van der Waals surface area contributed by atoms with Crippen LogP contribution in [0.5, 0.6) is 0 Å². The van der Waals surface area contributed by atoms with E-state index in [0.717, 1.165) is 12.2 Å². The third-order valence-corrected chi connectivity index (χ3v) is 2.45. The van der Waals surface area contributed by atoms with Gasteiger partial charge in [-0.2, -0.15) is 0 Å². The van der Waals surface area contributed by atoms with Gasteiger partial charge in [0.25, 0.3) is 0 Å². The highest BCUT2D eigenvalue weighted by Gasteiger charge is 2.09. The lowest BCUT2D eigenvalue weighted by Gasteiger charge is -2.09. The predicted octanol–water partition coefficient (Wildman–Crippen LogP) is 2.83. The summed E-state index contributed by atoms with van der Waals surface area (Å²) in [6, 6.07) is 12.1. The van der Waals surface area contributed by atoms with Crippen molar-refractivity contribution in [2.75, 3.05) is 0 Å². The SMILES string of the molecule is Cc1cccc(CC(N)c2ccco2)c1. The molecule has 1 aromatic heterocycles. The minimum atomic E-state index is -0.0539. The smallest absolute Gasteiger partial charge is 0.120 e. The van der Waals surface area contributed by atoms with E-state index in [0.29, 0.717) is 0 Å². The van der Waals surface area contributed by atoms with E-state index in [1.165, 1.54) is 11.1 Å². The summed E-state index contributed by atoms with van der Waals surface area (Å²) in [5.74, 6) is 0.844. The maximum atomic E-state index is 6.03. The molecule has 0 amide bonds. The highest BCUT2D eigenvalue weighted by Crippen LogP contribution is 2.16. The summed E-state index contributed by atoms with van der Waals surface area (Å²) in [5.41, 5.74) is 8.54. The number of nitrogens with two attached hydrogens (primary N) is 1. The van der Waals surface area contributed by atoms with Crippen molar-refractivity contribution in [1.29, 1.82) is 0 Å². The van der Waals surface area contributed by atoms with Crippen molar-refractivity contribution in [2.24, 2.45) is 5.73 Å². The zero-order valence-corrected chi connectivity index (χ0v) is 8.81. The third-order valence-electron chi connectivity index (χ3n) is 2.45. The zero-order chi connectivity index (χ0) is 10.7. The van der Waals surface area contributed by atoms with Crippen LogP contribution < -0.4 is 5.73 Å². The number of hydrogen-bond acceptors (Lipinski definition) is 2. The molecule has 0 saturated carbocycles. The molecular weight excluding hydrogens is 186 g/mol. The molecule has 1 heterocycles. The van der Waals surface area contributed by atoms with Gasteiger partial charge in [-0.15, -0.1) is 0 Å². The second-order valence-corrected chi connectivity index (χ2v) is 3.82. The fourth-order valence-corrected chi connectivity index (χ4v) is 1.70. The van der Waals surface area contributed by atoms with E-state index in [9.17, 15) is 0 Å². The Morgan fingerprint density at radius 2 is 2.13 bits per heavy atom. The number of furan rings is 1. The molecule has 0 saturated heterocycles. The van der Waals surface area contributed by atoms with Gasteiger partial charge < -0.3 is 10.2 Å². The van der Waals surface area contributed by atoms with Crippen LogP contribution in [0.4, 0.5) is 0 Å². The Balaban J connectivity index is 2.09. The molecule has 0 aliphatic carbocycles. The van der Waals surface area contributed by atoms with Gasteiger partial charge in [-0.05, 0) is 31.0 Å². The van der Waals surface area contributed by atoms with Gasteiger partial charge >= 0.3 is 0 Å². The van der Waals surface area contributed by atoms with Crippen molar-refractivity contribution in [1.82, 2.24) is 0 Å². The van der Waals surface area contributed by atoms with Gasteiger partial charge in [0, 0.05) is 0 Å². The van der Waals surface area contributed by atoms with E-state index < -0.39 is 0 Å². The van der Waals surface area contributed by atoms with Crippen molar-refractivity contribution < 1.29 is 4.42 Å². The Bertz CT molecular complexity index is 420. The third kappa shape index (κ3) is 2.48. The van der Waals surface area contributed by atoms with E-state index in [4.69, 9.17) is 10.2 Å². The van der Waals surface area contributed by atoms with E-state index in [2.05, 4.69) is 31.2 Å². The summed E-state index contributed by atoms with van der Waals surface area (Å²) < 4.78 is 5.27. The summed E-state index contributed by atoms with van der Waals surface area (Å²) in [6.07, 6.45) is 2.47. The Kier molecular flexibility index (Phi) is 2.88. The topological polar surface area (TPSA) is 39.2 Å². The zero-order valence-electron chi connectivity index (χ0n) is 8.81. The summed E-state index contributed by atoms with van der Waals surface area (Å²) in [6.45, 7) is 2.09. The number of hydrogen-bond donors (Lipinski definition) is 1. The van der Waals surface area contributed by atoms with Gasteiger partial charge in [0.15, 0.2) is 0 Å². The highest BCUT2D eigenvalue weighted by molar-refractivity contribution is 5.24. The van der Waals surface area contributed by atoms with Gasteiger partial charge in [-0.1, -0.05) is 29.8 Å². The molecule has 0 aliphatic heterocycles. The standard InChI is InChI=1S/C13H15NO/c1-10-4-2-5-11(8-10)9-12(14)13-6-3-7-15-13/h2-8,12H,9,14H2,1H3. The normalized spacial score (nSPS) is 12.7. The summed E-state index contributed by atoms with van der Waals surface area (Å²) in [5, 5.41) is 0. The van der Waals surface area contributed by atoms with E-state index >= 15 is 0 Å². The van der Waals surface area contributed by atoms with Gasteiger partial charge in [0.2, 0.25) is 0 Å². The van der Waals surface area contributed by atoms with Crippen LogP contribution in [0.3, 0.4) is 0 Å². The first-order chi connectivity index (χ1) is 7.25. The number of aryl methyl sites for hydroxylation is 1. The molecule has 2 heteroatoms. The maximum Gasteiger partial charge on any atom is 0.120 e. The van der Waals surface area contributed by atoms with Crippen molar-refractivity contribution in [3.63, 3.8) is 0 Å². The quantitative estimate of drug-likeness (QED) is 0.829. The van der Waals surface area contributed by atoms with Crippen LogP contribution in [-0.4, -0.2) is 0 Å². The van der Waals surface area contributed by atoms with Gasteiger partial charge in [-0.25, -0.2) is 0 Å². The Morgan fingerprint density at radius 1 is 1.27 bits per heavy atom. The predicted molar refractivity (Wildman–Crippen MR) is 60.5 cm³/mol. The molecule has 78 valence electrons. The molecule has 0 bridgehead atoms. The van der Waals surface area contributed by atoms with Gasteiger partial charge in [0.1, 0.15) is 5.76 Å². The average Bonchev–Trinajstić information content (AvgIpc) is 2.70. The first-order valence-electron chi connectivity index (χ1n) is 5.10. The van der Waals surface area contributed by atoms with Crippen LogP contribution in [0.25, 0.3) is 0 Å². The van der Waals surface area contributed by atoms with E-state index in [-0.39, 0.29) is 6.04 Å². The monoisotopic (exact) mass is 201 g/mol. The minimum Gasteiger partial charge on any atom is -0.468 e. The molecule has 1 aromatic carbocycles. The van der Waals surface area contributed by atoms with E-state index in [1.807, 2.05) is 12.1 Å². The van der Waals surface area contributed by atoms with Crippen LogP contribution in [0.2, 0.25) is 0 Å². The highest BCUT2D eigenvalue weighted by atomic mass is 16.3.